The van der Waals surface area contributed by atoms with Crippen LogP contribution in [-0.2, 0) is 6.42 Å². The van der Waals surface area contributed by atoms with E-state index in [1.165, 1.54) is 5.56 Å². The van der Waals surface area contributed by atoms with Crippen molar-refractivity contribution in [3.63, 3.8) is 0 Å². The van der Waals surface area contributed by atoms with Crippen molar-refractivity contribution in [3.05, 3.63) is 35.7 Å². The first-order valence-electron chi connectivity index (χ1n) is 7.85. The van der Waals surface area contributed by atoms with Gasteiger partial charge in [-0.1, -0.05) is 50.2 Å². The second-order valence-corrected chi connectivity index (χ2v) is 5.37. The normalized spacial score (nSPS) is 14.1. The number of nitrogens with one attached hydrogen (secondary N) is 1. The minimum absolute atomic E-state index is 0.251. The molecular weight excluding hydrogens is 262 g/mol. The lowest BCUT2D eigenvalue weighted by Gasteiger charge is -2.19. The summed E-state index contributed by atoms with van der Waals surface area (Å²) in [6, 6.07) is 8.67. The molecule has 0 fully saturated rings. The maximum Gasteiger partial charge on any atom is 0.231 e. The minimum atomic E-state index is 0.251. The molecule has 0 saturated heterocycles. The Balaban J connectivity index is 2.19. The van der Waals surface area contributed by atoms with Gasteiger partial charge < -0.3 is 9.84 Å². The minimum Gasteiger partial charge on any atom is -0.339 e. The van der Waals surface area contributed by atoms with Crippen molar-refractivity contribution in [2.24, 2.45) is 0 Å². The zero-order chi connectivity index (χ0) is 15.2. The van der Waals surface area contributed by atoms with Gasteiger partial charge in [0.15, 0.2) is 0 Å². The second kappa shape index (κ2) is 7.36. The van der Waals surface area contributed by atoms with E-state index in [1.807, 2.05) is 0 Å². The van der Waals surface area contributed by atoms with E-state index in [0.29, 0.717) is 11.9 Å². The Morgan fingerprint density at radius 3 is 2.43 bits per heavy atom. The molecule has 2 rings (SSSR count). The maximum absolute atomic E-state index is 5.50. The van der Waals surface area contributed by atoms with Crippen LogP contribution < -0.4 is 5.32 Å². The SMILES string of the molecule is CCNC(C)C(CC)c1nc(-c2ccc(CC)cc2)no1. The van der Waals surface area contributed by atoms with Crippen LogP contribution in [0.25, 0.3) is 11.4 Å². The third-order valence-electron chi connectivity index (χ3n) is 3.95. The highest BCUT2D eigenvalue weighted by Gasteiger charge is 2.23. The van der Waals surface area contributed by atoms with Gasteiger partial charge in [0, 0.05) is 11.6 Å². The molecule has 1 aromatic heterocycles. The molecule has 1 N–H and O–H groups in total. The molecule has 0 bridgehead atoms. The first kappa shape index (κ1) is 15.7. The van der Waals surface area contributed by atoms with Gasteiger partial charge in [-0.05, 0) is 31.9 Å². The summed E-state index contributed by atoms with van der Waals surface area (Å²) in [5.74, 6) is 1.65. The van der Waals surface area contributed by atoms with Crippen molar-refractivity contribution in [1.29, 1.82) is 0 Å². The van der Waals surface area contributed by atoms with Gasteiger partial charge in [-0.25, -0.2) is 0 Å². The third kappa shape index (κ3) is 3.70. The molecule has 0 spiro atoms. The van der Waals surface area contributed by atoms with Crippen LogP contribution in [0.3, 0.4) is 0 Å². The molecule has 2 unspecified atom stereocenters. The third-order valence-corrected chi connectivity index (χ3v) is 3.95. The second-order valence-electron chi connectivity index (χ2n) is 5.37. The lowest BCUT2D eigenvalue weighted by Crippen LogP contribution is -2.31. The molecule has 21 heavy (non-hydrogen) atoms. The predicted molar refractivity (Wildman–Crippen MR) is 85.3 cm³/mol. The van der Waals surface area contributed by atoms with E-state index >= 15 is 0 Å². The van der Waals surface area contributed by atoms with Crippen LogP contribution in [0.4, 0.5) is 0 Å². The summed E-state index contributed by atoms with van der Waals surface area (Å²) in [6.07, 6.45) is 2.01. The molecule has 0 aliphatic rings. The standard InChI is InChI=1S/C17H25N3O/c1-5-13-8-10-14(11-9-13)16-19-17(21-20-16)15(6-2)12(4)18-7-3/h8-12,15,18H,5-7H2,1-4H3. The van der Waals surface area contributed by atoms with Crippen molar-refractivity contribution in [1.82, 2.24) is 15.5 Å². The van der Waals surface area contributed by atoms with E-state index in [9.17, 15) is 0 Å². The maximum atomic E-state index is 5.50. The van der Waals surface area contributed by atoms with E-state index < -0.39 is 0 Å². The molecule has 2 atom stereocenters. The molecule has 0 radical (unpaired) electrons. The molecule has 0 aliphatic heterocycles. The number of hydrogen-bond acceptors (Lipinski definition) is 4. The predicted octanol–water partition coefficient (Wildman–Crippen LogP) is 3.79. The molecule has 4 nitrogen and oxygen atoms in total. The summed E-state index contributed by atoms with van der Waals surface area (Å²) in [5.41, 5.74) is 2.32. The molecule has 0 aliphatic carbocycles. The molecule has 0 saturated carbocycles. The number of aromatic nitrogens is 2. The highest BCUT2D eigenvalue weighted by Crippen LogP contribution is 2.25. The van der Waals surface area contributed by atoms with Crippen LogP contribution in [0.1, 0.15) is 51.5 Å². The van der Waals surface area contributed by atoms with Gasteiger partial charge in [0.25, 0.3) is 0 Å². The van der Waals surface area contributed by atoms with Crippen molar-refractivity contribution >= 4 is 0 Å². The van der Waals surface area contributed by atoms with Gasteiger partial charge >= 0.3 is 0 Å². The number of rotatable bonds is 7. The van der Waals surface area contributed by atoms with E-state index in [-0.39, 0.29) is 5.92 Å². The summed E-state index contributed by atoms with van der Waals surface area (Å²) in [4.78, 5) is 4.59. The van der Waals surface area contributed by atoms with Gasteiger partial charge in [-0.15, -0.1) is 0 Å². The Hall–Kier alpha value is -1.68. The molecular formula is C17H25N3O. The van der Waals surface area contributed by atoms with E-state index in [1.54, 1.807) is 0 Å². The largest absolute Gasteiger partial charge is 0.339 e. The fraction of sp³-hybridized carbons (Fsp3) is 0.529. The molecule has 0 amide bonds. The number of benzene rings is 1. The molecule has 1 aromatic carbocycles. The fourth-order valence-electron chi connectivity index (χ4n) is 2.60. The number of aryl methyl sites for hydroxylation is 1. The van der Waals surface area contributed by atoms with Crippen LogP contribution in [0.2, 0.25) is 0 Å². The average molecular weight is 287 g/mol. The Morgan fingerprint density at radius 2 is 1.86 bits per heavy atom. The van der Waals surface area contributed by atoms with Crippen LogP contribution >= 0.6 is 0 Å². The van der Waals surface area contributed by atoms with Crippen LogP contribution in [-0.4, -0.2) is 22.7 Å². The fourth-order valence-corrected chi connectivity index (χ4v) is 2.60. The number of nitrogens with zero attached hydrogens (tertiary/aromatic N) is 2. The van der Waals surface area contributed by atoms with Crippen LogP contribution in [0, 0.1) is 0 Å². The summed E-state index contributed by atoms with van der Waals surface area (Å²) >= 11 is 0. The van der Waals surface area contributed by atoms with Gasteiger partial charge in [-0.3, -0.25) is 0 Å². The van der Waals surface area contributed by atoms with E-state index in [0.717, 1.165) is 30.8 Å². The van der Waals surface area contributed by atoms with Crippen molar-refractivity contribution < 1.29 is 4.52 Å². The molecule has 114 valence electrons. The first-order chi connectivity index (χ1) is 10.2. The zero-order valence-corrected chi connectivity index (χ0v) is 13.4. The summed E-state index contributed by atoms with van der Waals surface area (Å²) < 4.78 is 5.50. The van der Waals surface area contributed by atoms with Gasteiger partial charge in [-0.2, -0.15) is 4.98 Å². The summed E-state index contributed by atoms with van der Waals surface area (Å²) in [6.45, 7) is 9.51. The van der Waals surface area contributed by atoms with Crippen LogP contribution in [0.5, 0.6) is 0 Å². The van der Waals surface area contributed by atoms with E-state index in [2.05, 4.69) is 67.4 Å². The van der Waals surface area contributed by atoms with Gasteiger partial charge in [0.05, 0.1) is 5.92 Å². The molecule has 1 heterocycles. The topological polar surface area (TPSA) is 51.0 Å². The quantitative estimate of drug-likeness (QED) is 0.841. The van der Waals surface area contributed by atoms with Crippen LogP contribution in [0.15, 0.2) is 28.8 Å². The number of hydrogen-bond donors (Lipinski definition) is 1. The van der Waals surface area contributed by atoms with Crippen molar-refractivity contribution in [2.75, 3.05) is 6.54 Å². The molecule has 2 aromatic rings. The smallest absolute Gasteiger partial charge is 0.231 e. The number of likely N-dealkylation sites (N-methyl/N-ethyl adjacent to an activating group) is 1. The lowest BCUT2D eigenvalue weighted by molar-refractivity contribution is 0.318. The van der Waals surface area contributed by atoms with Crippen molar-refractivity contribution in [3.8, 4) is 11.4 Å². The summed E-state index contributed by atoms with van der Waals surface area (Å²) in [5, 5.41) is 7.57. The van der Waals surface area contributed by atoms with Gasteiger partial charge in [0.2, 0.25) is 11.7 Å². The zero-order valence-electron chi connectivity index (χ0n) is 13.4. The monoisotopic (exact) mass is 287 g/mol. The van der Waals surface area contributed by atoms with Gasteiger partial charge in [0.1, 0.15) is 0 Å². The van der Waals surface area contributed by atoms with E-state index in [4.69, 9.17) is 4.52 Å². The Kier molecular flexibility index (Phi) is 5.51. The Labute approximate surface area is 127 Å². The highest BCUT2D eigenvalue weighted by atomic mass is 16.5. The Bertz CT molecular complexity index is 547. The summed E-state index contributed by atoms with van der Waals surface area (Å²) in [7, 11) is 0. The molecule has 4 heteroatoms. The highest BCUT2D eigenvalue weighted by molar-refractivity contribution is 5.54. The average Bonchev–Trinajstić information content (AvgIpc) is 2.98. The Morgan fingerprint density at radius 1 is 1.14 bits per heavy atom. The van der Waals surface area contributed by atoms with Crippen molar-refractivity contribution in [2.45, 2.75) is 52.5 Å². The first-order valence-corrected chi connectivity index (χ1v) is 7.85. The lowest BCUT2D eigenvalue weighted by atomic mass is 9.98.